The Hall–Kier alpha value is -2.37. The van der Waals surface area contributed by atoms with Crippen molar-refractivity contribution in [2.75, 3.05) is 19.7 Å². The highest BCUT2D eigenvalue weighted by Crippen LogP contribution is 2.31. The highest BCUT2D eigenvalue weighted by Gasteiger charge is 2.29. The molecule has 0 radical (unpaired) electrons. The van der Waals surface area contributed by atoms with Crippen LogP contribution < -0.4 is 4.74 Å². The van der Waals surface area contributed by atoms with Gasteiger partial charge in [-0.1, -0.05) is 18.2 Å². The fraction of sp³-hybridized carbons (Fsp3) is 0.526. The van der Waals surface area contributed by atoms with Crippen LogP contribution >= 0.6 is 0 Å². The van der Waals surface area contributed by atoms with Crippen LogP contribution in [0.2, 0.25) is 0 Å². The van der Waals surface area contributed by atoms with Crippen LogP contribution in [0, 0.1) is 11.8 Å². The molecule has 1 aliphatic carbocycles. The predicted octanol–water partition coefficient (Wildman–Crippen LogP) is 2.16. The fourth-order valence-electron chi connectivity index (χ4n) is 3.41. The number of rotatable bonds is 7. The lowest BCUT2D eigenvalue weighted by molar-refractivity contribution is -0.132. The molecule has 132 valence electrons. The average molecular weight is 340 g/mol. The standard InChI is InChI=1S/C19H24N4O2/c24-19(13-25-17-4-2-1-3-5-17)22-9-8-16(12-22)10-18-21-20-14-23(18)11-15-6-7-15/h1-5,14-16H,6-13H2. The first-order valence-electron chi connectivity index (χ1n) is 9.10. The maximum absolute atomic E-state index is 12.4. The van der Waals surface area contributed by atoms with E-state index in [0.29, 0.717) is 5.92 Å². The highest BCUT2D eigenvalue weighted by molar-refractivity contribution is 5.78. The van der Waals surface area contributed by atoms with Crippen molar-refractivity contribution in [2.24, 2.45) is 11.8 Å². The number of para-hydroxylation sites is 1. The summed E-state index contributed by atoms with van der Waals surface area (Å²) in [5.41, 5.74) is 0. The first kappa shape index (κ1) is 16.1. The normalized spacial score (nSPS) is 20.0. The Morgan fingerprint density at radius 2 is 2.00 bits per heavy atom. The molecule has 4 rings (SSSR count). The molecule has 0 bridgehead atoms. The molecule has 1 saturated heterocycles. The Morgan fingerprint density at radius 3 is 2.80 bits per heavy atom. The molecule has 25 heavy (non-hydrogen) atoms. The smallest absolute Gasteiger partial charge is 0.260 e. The van der Waals surface area contributed by atoms with E-state index in [1.807, 2.05) is 41.6 Å². The van der Waals surface area contributed by atoms with Crippen LogP contribution in [0.25, 0.3) is 0 Å². The summed E-state index contributed by atoms with van der Waals surface area (Å²) in [6.07, 6.45) is 6.41. The third-order valence-electron chi connectivity index (χ3n) is 5.06. The molecule has 0 N–H and O–H groups in total. The molecule has 2 aromatic rings. The second kappa shape index (κ2) is 7.25. The number of ether oxygens (including phenoxy) is 1. The summed E-state index contributed by atoms with van der Waals surface area (Å²) in [4.78, 5) is 14.3. The first-order chi connectivity index (χ1) is 12.3. The quantitative estimate of drug-likeness (QED) is 0.775. The number of aromatic nitrogens is 3. The van der Waals surface area contributed by atoms with Crippen LogP contribution in [-0.2, 0) is 17.8 Å². The van der Waals surface area contributed by atoms with Crippen molar-refractivity contribution in [3.8, 4) is 5.75 Å². The van der Waals surface area contributed by atoms with Gasteiger partial charge in [0.15, 0.2) is 6.61 Å². The van der Waals surface area contributed by atoms with E-state index in [4.69, 9.17) is 4.74 Å². The molecule has 2 fully saturated rings. The summed E-state index contributed by atoms with van der Waals surface area (Å²) < 4.78 is 7.77. The Labute approximate surface area is 147 Å². The minimum Gasteiger partial charge on any atom is -0.484 e. The summed E-state index contributed by atoms with van der Waals surface area (Å²) in [6.45, 7) is 2.74. The minimum absolute atomic E-state index is 0.0609. The van der Waals surface area contributed by atoms with Crippen molar-refractivity contribution in [2.45, 2.75) is 32.2 Å². The van der Waals surface area contributed by atoms with Gasteiger partial charge in [0.2, 0.25) is 0 Å². The van der Waals surface area contributed by atoms with Gasteiger partial charge in [-0.15, -0.1) is 10.2 Å². The predicted molar refractivity (Wildman–Crippen MR) is 93.1 cm³/mol. The van der Waals surface area contributed by atoms with Gasteiger partial charge in [-0.3, -0.25) is 4.79 Å². The van der Waals surface area contributed by atoms with E-state index in [-0.39, 0.29) is 12.5 Å². The van der Waals surface area contributed by atoms with Gasteiger partial charge in [-0.05, 0) is 43.2 Å². The highest BCUT2D eigenvalue weighted by atomic mass is 16.5. The van der Waals surface area contributed by atoms with Crippen LogP contribution in [0.5, 0.6) is 5.75 Å². The second-order valence-electron chi connectivity index (χ2n) is 7.14. The zero-order valence-corrected chi connectivity index (χ0v) is 14.4. The molecule has 2 aliphatic rings. The number of hydrogen-bond donors (Lipinski definition) is 0. The lowest BCUT2D eigenvalue weighted by atomic mass is 10.0. The van der Waals surface area contributed by atoms with E-state index in [1.165, 1.54) is 12.8 Å². The van der Waals surface area contributed by atoms with E-state index >= 15 is 0 Å². The maximum atomic E-state index is 12.4. The minimum atomic E-state index is 0.0609. The van der Waals surface area contributed by atoms with Crippen molar-refractivity contribution in [1.82, 2.24) is 19.7 Å². The molecule has 0 spiro atoms. The van der Waals surface area contributed by atoms with Gasteiger partial charge in [0.1, 0.15) is 17.9 Å². The van der Waals surface area contributed by atoms with E-state index in [0.717, 1.165) is 50.0 Å². The number of hydrogen-bond acceptors (Lipinski definition) is 4. The molecule has 2 heterocycles. The Balaban J connectivity index is 1.26. The molecule has 1 aromatic carbocycles. The van der Waals surface area contributed by atoms with E-state index in [2.05, 4.69) is 14.8 Å². The molecule has 1 unspecified atom stereocenters. The van der Waals surface area contributed by atoms with Crippen LogP contribution in [0.4, 0.5) is 0 Å². The lowest BCUT2D eigenvalue weighted by Crippen LogP contribution is -2.33. The van der Waals surface area contributed by atoms with Crippen molar-refractivity contribution in [3.05, 3.63) is 42.5 Å². The number of likely N-dealkylation sites (tertiary alicyclic amines) is 1. The van der Waals surface area contributed by atoms with Crippen molar-refractivity contribution < 1.29 is 9.53 Å². The fourth-order valence-corrected chi connectivity index (χ4v) is 3.41. The zero-order valence-electron chi connectivity index (χ0n) is 14.4. The van der Waals surface area contributed by atoms with Crippen LogP contribution in [-0.4, -0.2) is 45.3 Å². The SMILES string of the molecule is O=C(COc1ccccc1)N1CCC(Cc2nncn2CC2CC2)C1. The van der Waals surface area contributed by atoms with Gasteiger partial charge in [-0.2, -0.15) is 0 Å². The molecule has 6 nitrogen and oxygen atoms in total. The first-order valence-corrected chi connectivity index (χ1v) is 9.10. The molecule has 6 heteroatoms. The Bertz CT molecular complexity index is 711. The van der Waals surface area contributed by atoms with Crippen LogP contribution in [0.1, 0.15) is 25.1 Å². The third kappa shape index (κ3) is 4.18. The molecule has 1 atom stereocenters. The number of benzene rings is 1. The third-order valence-corrected chi connectivity index (χ3v) is 5.06. The van der Waals surface area contributed by atoms with Gasteiger partial charge in [0.25, 0.3) is 5.91 Å². The van der Waals surface area contributed by atoms with Gasteiger partial charge < -0.3 is 14.2 Å². The van der Waals surface area contributed by atoms with E-state index in [1.54, 1.807) is 0 Å². The van der Waals surface area contributed by atoms with E-state index in [9.17, 15) is 4.79 Å². The average Bonchev–Trinajstić information content (AvgIpc) is 3.15. The lowest BCUT2D eigenvalue weighted by Gasteiger charge is -2.17. The molecule has 1 aromatic heterocycles. The summed E-state index contributed by atoms with van der Waals surface area (Å²) >= 11 is 0. The van der Waals surface area contributed by atoms with Gasteiger partial charge in [0.05, 0.1) is 0 Å². The van der Waals surface area contributed by atoms with Gasteiger partial charge >= 0.3 is 0 Å². The van der Waals surface area contributed by atoms with Crippen molar-refractivity contribution >= 4 is 5.91 Å². The molecule has 1 aliphatic heterocycles. The Morgan fingerprint density at radius 1 is 1.16 bits per heavy atom. The summed E-state index contributed by atoms with van der Waals surface area (Å²) in [6, 6.07) is 9.48. The number of carbonyl (C=O) groups is 1. The van der Waals surface area contributed by atoms with Gasteiger partial charge in [0, 0.05) is 26.1 Å². The Kier molecular flexibility index (Phi) is 4.68. The molecule has 1 amide bonds. The summed E-state index contributed by atoms with van der Waals surface area (Å²) in [5, 5.41) is 8.37. The van der Waals surface area contributed by atoms with Crippen LogP contribution in [0.15, 0.2) is 36.7 Å². The largest absolute Gasteiger partial charge is 0.484 e. The molecular formula is C19H24N4O2. The topological polar surface area (TPSA) is 60.2 Å². The van der Waals surface area contributed by atoms with Gasteiger partial charge in [-0.25, -0.2) is 0 Å². The van der Waals surface area contributed by atoms with Crippen molar-refractivity contribution in [3.63, 3.8) is 0 Å². The van der Waals surface area contributed by atoms with Crippen molar-refractivity contribution in [1.29, 1.82) is 0 Å². The second-order valence-corrected chi connectivity index (χ2v) is 7.14. The number of carbonyl (C=O) groups excluding carboxylic acids is 1. The summed E-state index contributed by atoms with van der Waals surface area (Å²) in [5.74, 6) is 3.13. The summed E-state index contributed by atoms with van der Waals surface area (Å²) in [7, 11) is 0. The maximum Gasteiger partial charge on any atom is 0.260 e. The number of amides is 1. The molecule has 1 saturated carbocycles. The zero-order chi connectivity index (χ0) is 17.1. The van der Waals surface area contributed by atoms with E-state index < -0.39 is 0 Å². The monoisotopic (exact) mass is 340 g/mol. The van der Waals surface area contributed by atoms with Crippen LogP contribution in [0.3, 0.4) is 0 Å². The number of nitrogens with zero attached hydrogens (tertiary/aromatic N) is 4. The molecular weight excluding hydrogens is 316 g/mol.